The normalized spacial score (nSPS) is 23.0. The summed E-state index contributed by atoms with van der Waals surface area (Å²) in [5.74, 6) is 0.139. The monoisotopic (exact) mass is 263 g/mol. The Morgan fingerprint density at radius 1 is 1.28 bits per heavy atom. The average Bonchev–Trinajstić information content (AvgIpc) is 2.24. The van der Waals surface area contributed by atoms with E-state index in [4.69, 9.17) is 4.84 Å². The van der Waals surface area contributed by atoms with E-state index >= 15 is 0 Å². The largest absolute Gasteiger partial charge is 0.414 e. The molecule has 2 atom stereocenters. The van der Waals surface area contributed by atoms with Crippen molar-refractivity contribution in [2.45, 2.75) is 39.9 Å². The summed E-state index contributed by atoms with van der Waals surface area (Å²) in [6, 6.07) is -1.71. The molecular formula is C13H20F3NO. The zero-order valence-electron chi connectivity index (χ0n) is 11.4. The molecule has 104 valence electrons. The second kappa shape index (κ2) is 4.96. The maximum absolute atomic E-state index is 12.7. The highest BCUT2D eigenvalue weighted by Crippen LogP contribution is 2.36. The molecule has 0 spiro atoms. The van der Waals surface area contributed by atoms with Crippen LogP contribution in [0.4, 0.5) is 13.2 Å². The van der Waals surface area contributed by atoms with Crippen LogP contribution in [0.2, 0.25) is 0 Å². The van der Waals surface area contributed by atoms with E-state index in [2.05, 4.69) is 20.8 Å². The summed E-state index contributed by atoms with van der Waals surface area (Å²) in [4.78, 5) is 4.81. The van der Waals surface area contributed by atoms with Gasteiger partial charge in [-0.3, -0.25) is 4.84 Å². The summed E-state index contributed by atoms with van der Waals surface area (Å²) in [5, 5.41) is 0.859. The standard InChI is InChI=1S/C13H20F3NO/c1-9(12(2,3)4)10-6-7-11(13(14,15)16)17(8-10)18-5/h6-9,11H,1-5H3. The second-order valence-electron chi connectivity index (χ2n) is 5.60. The van der Waals surface area contributed by atoms with Crippen LogP contribution in [-0.4, -0.2) is 24.4 Å². The number of allylic oxidation sites excluding steroid dienone is 2. The summed E-state index contributed by atoms with van der Waals surface area (Å²) in [6.07, 6.45) is -0.210. The highest BCUT2D eigenvalue weighted by molar-refractivity contribution is 5.27. The van der Waals surface area contributed by atoms with Gasteiger partial charge in [0.2, 0.25) is 0 Å². The fourth-order valence-electron chi connectivity index (χ4n) is 1.73. The number of halogens is 3. The predicted octanol–water partition coefficient (Wildman–Crippen LogP) is 3.92. The van der Waals surface area contributed by atoms with Crippen molar-refractivity contribution in [1.29, 1.82) is 0 Å². The molecule has 0 N–H and O–H groups in total. The molecule has 0 aromatic rings. The summed E-state index contributed by atoms with van der Waals surface area (Å²) in [5.41, 5.74) is 0.825. The van der Waals surface area contributed by atoms with Crippen LogP contribution >= 0.6 is 0 Å². The van der Waals surface area contributed by atoms with E-state index in [0.29, 0.717) is 0 Å². The van der Waals surface area contributed by atoms with Crippen LogP contribution in [-0.2, 0) is 4.84 Å². The smallest absolute Gasteiger partial charge is 0.276 e. The van der Waals surface area contributed by atoms with Crippen molar-refractivity contribution < 1.29 is 18.0 Å². The Morgan fingerprint density at radius 2 is 1.83 bits per heavy atom. The minimum atomic E-state index is -4.33. The van der Waals surface area contributed by atoms with Gasteiger partial charge in [0.1, 0.15) is 0 Å². The lowest BCUT2D eigenvalue weighted by molar-refractivity contribution is -0.230. The van der Waals surface area contributed by atoms with Gasteiger partial charge in [-0.2, -0.15) is 13.2 Å². The van der Waals surface area contributed by atoms with Gasteiger partial charge in [-0.1, -0.05) is 39.8 Å². The molecule has 0 amide bonds. The summed E-state index contributed by atoms with van der Waals surface area (Å²) >= 11 is 0. The van der Waals surface area contributed by atoms with Gasteiger partial charge in [0.15, 0.2) is 6.04 Å². The van der Waals surface area contributed by atoms with Gasteiger partial charge < -0.3 is 0 Å². The number of rotatable bonds is 2. The molecule has 5 heteroatoms. The number of alkyl halides is 3. The minimum Gasteiger partial charge on any atom is -0.276 e. The first-order chi connectivity index (χ1) is 8.07. The second-order valence-corrected chi connectivity index (χ2v) is 5.60. The molecule has 0 bridgehead atoms. The van der Waals surface area contributed by atoms with Crippen LogP contribution in [0.5, 0.6) is 0 Å². The first kappa shape index (κ1) is 15.1. The Balaban J connectivity index is 2.96. The molecule has 0 aromatic heterocycles. The molecule has 1 heterocycles. The van der Waals surface area contributed by atoms with E-state index in [1.807, 2.05) is 6.92 Å². The molecular weight excluding hydrogens is 243 g/mol. The molecule has 2 unspecified atom stereocenters. The van der Waals surface area contributed by atoms with Crippen molar-refractivity contribution in [3.05, 3.63) is 23.9 Å². The van der Waals surface area contributed by atoms with Gasteiger partial charge in [-0.15, -0.1) is 0 Å². The lowest BCUT2D eigenvalue weighted by Gasteiger charge is -2.35. The van der Waals surface area contributed by atoms with E-state index in [1.54, 1.807) is 6.08 Å². The van der Waals surface area contributed by atoms with Crippen molar-refractivity contribution >= 4 is 0 Å². The maximum atomic E-state index is 12.7. The van der Waals surface area contributed by atoms with Gasteiger partial charge in [-0.25, -0.2) is 5.06 Å². The molecule has 1 aliphatic heterocycles. The van der Waals surface area contributed by atoms with Gasteiger partial charge in [-0.05, 0) is 16.9 Å². The van der Waals surface area contributed by atoms with E-state index in [9.17, 15) is 13.2 Å². The Kier molecular flexibility index (Phi) is 4.15. The molecule has 0 aliphatic carbocycles. The molecule has 1 aliphatic rings. The SMILES string of the molecule is CON1C=C(C(C)C(C)(C)C)C=CC1C(F)(F)F. The minimum absolute atomic E-state index is 0.0132. The summed E-state index contributed by atoms with van der Waals surface area (Å²) in [7, 11) is 1.24. The highest BCUT2D eigenvalue weighted by Gasteiger charge is 2.43. The van der Waals surface area contributed by atoms with E-state index in [-0.39, 0.29) is 11.3 Å². The molecule has 18 heavy (non-hydrogen) atoms. The maximum Gasteiger partial charge on any atom is 0.414 e. The van der Waals surface area contributed by atoms with Crippen molar-refractivity contribution in [3.8, 4) is 0 Å². The van der Waals surface area contributed by atoms with Crippen LogP contribution in [0, 0.1) is 11.3 Å². The quantitative estimate of drug-likeness (QED) is 0.748. The number of hydrogen-bond donors (Lipinski definition) is 0. The molecule has 0 radical (unpaired) electrons. The Morgan fingerprint density at radius 3 is 2.22 bits per heavy atom. The Bertz CT molecular complexity index is 352. The molecule has 0 aromatic carbocycles. The van der Waals surface area contributed by atoms with Crippen LogP contribution in [0.3, 0.4) is 0 Å². The third-order valence-corrected chi connectivity index (χ3v) is 3.37. The zero-order valence-corrected chi connectivity index (χ0v) is 11.4. The fourth-order valence-corrected chi connectivity index (χ4v) is 1.73. The number of hydroxylamine groups is 2. The Labute approximate surface area is 106 Å². The van der Waals surface area contributed by atoms with Crippen molar-refractivity contribution in [2.24, 2.45) is 11.3 Å². The van der Waals surface area contributed by atoms with Crippen molar-refractivity contribution in [1.82, 2.24) is 5.06 Å². The van der Waals surface area contributed by atoms with Gasteiger partial charge >= 0.3 is 6.18 Å². The Hall–Kier alpha value is -0.970. The first-order valence-corrected chi connectivity index (χ1v) is 5.86. The van der Waals surface area contributed by atoms with E-state index in [0.717, 1.165) is 16.7 Å². The fraction of sp³-hybridized carbons (Fsp3) is 0.692. The highest BCUT2D eigenvalue weighted by atomic mass is 19.4. The van der Waals surface area contributed by atoms with Gasteiger partial charge in [0.05, 0.1) is 7.11 Å². The van der Waals surface area contributed by atoms with Crippen LogP contribution < -0.4 is 0 Å². The van der Waals surface area contributed by atoms with Crippen LogP contribution in [0.1, 0.15) is 27.7 Å². The van der Waals surface area contributed by atoms with Crippen LogP contribution in [0.15, 0.2) is 23.9 Å². The van der Waals surface area contributed by atoms with Gasteiger partial charge in [0, 0.05) is 6.20 Å². The summed E-state index contributed by atoms with van der Waals surface area (Å²) in [6.45, 7) is 8.16. The van der Waals surface area contributed by atoms with E-state index < -0.39 is 12.2 Å². The lowest BCUT2D eigenvalue weighted by atomic mass is 9.77. The van der Waals surface area contributed by atoms with Crippen molar-refractivity contribution in [2.75, 3.05) is 7.11 Å². The molecule has 0 saturated carbocycles. The third-order valence-electron chi connectivity index (χ3n) is 3.37. The predicted molar refractivity (Wildman–Crippen MR) is 64.5 cm³/mol. The van der Waals surface area contributed by atoms with Crippen LogP contribution in [0.25, 0.3) is 0 Å². The summed E-state index contributed by atoms with van der Waals surface area (Å²) < 4.78 is 38.2. The third kappa shape index (κ3) is 3.28. The molecule has 0 saturated heterocycles. The topological polar surface area (TPSA) is 12.5 Å². The van der Waals surface area contributed by atoms with Crippen molar-refractivity contribution in [3.63, 3.8) is 0 Å². The number of nitrogens with zero attached hydrogens (tertiary/aromatic N) is 1. The molecule has 0 fully saturated rings. The zero-order chi connectivity index (χ0) is 14.1. The van der Waals surface area contributed by atoms with E-state index in [1.165, 1.54) is 13.3 Å². The molecule has 2 nitrogen and oxygen atoms in total. The first-order valence-electron chi connectivity index (χ1n) is 5.86. The lowest BCUT2D eigenvalue weighted by Crippen LogP contribution is -2.42. The van der Waals surface area contributed by atoms with Gasteiger partial charge in [0.25, 0.3) is 0 Å². The number of hydrogen-bond acceptors (Lipinski definition) is 2. The molecule has 1 rings (SSSR count). The average molecular weight is 263 g/mol.